The third-order valence-electron chi connectivity index (χ3n) is 3.99. The number of nitrogens with zero attached hydrogens (tertiary/aromatic N) is 2. The molecule has 0 unspecified atom stereocenters. The molecular formula is C20H16BrF3N4O2. The smallest absolute Gasteiger partial charge is 0.379 e. The lowest BCUT2D eigenvalue weighted by Gasteiger charge is -2.13. The van der Waals surface area contributed by atoms with Gasteiger partial charge in [-0.3, -0.25) is 20.6 Å². The minimum Gasteiger partial charge on any atom is -0.489 e. The molecular weight excluding hydrogens is 465 g/mol. The Hall–Kier alpha value is -3.14. The maximum atomic E-state index is 14.6. The second-order valence-electron chi connectivity index (χ2n) is 6.24. The Morgan fingerprint density at radius 3 is 2.53 bits per heavy atom. The first-order valence-electron chi connectivity index (χ1n) is 8.66. The van der Waals surface area contributed by atoms with Crippen LogP contribution in [0.1, 0.15) is 11.1 Å². The van der Waals surface area contributed by atoms with Crippen molar-refractivity contribution in [2.45, 2.75) is 18.4 Å². The molecule has 0 saturated carbocycles. The third-order valence-corrected chi connectivity index (χ3v) is 4.35. The van der Waals surface area contributed by atoms with E-state index in [9.17, 15) is 18.0 Å². The first-order chi connectivity index (χ1) is 14.2. The molecule has 1 aromatic heterocycles. The summed E-state index contributed by atoms with van der Waals surface area (Å²) in [6.07, 6.45) is 2.43. The summed E-state index contributed by atoms with van der Waals surface area (Å²) in [6.45, 7) is 2.09. The van der Waals surface area contributed by atoms with E-state index in [0.29, 0.717) is 17.9 Å². The lowest BCUT2D eigenvalue weighted by Crippen LogP contribution is -2.39. The molecule has 1 heterocycles. The summed E-state index contributed by atoms with van der Waals surface area (Å²) in [4.78, 5) is 15.4. The van der Waals surface area contributed by atoms with E-state index in [-0.39, 0.29) is 17.1 Å². The molecule has 0 spiro atoms. The molecule has 1 amide bonds. The van der Waals surface area contributed by atoms with Crippen LogP contribution in [0, 0.1) is 12.7 Å². The number of nitrogens with one attached hydrogen (secondary N) is 2. The van der Waals surface area contributed by atoms with Crippen molar-refractivity contribution < 1.29 is 22.7 Å². The Labute approximate surface area is 178 Å². The number of aryl methyl sites for hydroxylation is 1. The normalized spacial score (nSPS) is 11.1. The summed E-state index contributed by atoms with van der Waals surface area (Å²) in [5.41, 5.74) is 6.07. The number of carbonyl (C=O) groups excluding carboxylic acids is 1. The predicted molar refractivity (Wildman–Crippen MR) is 109 cm³/mol. The fourth-order valence-corrected chi connectivity index (χ4v) is 2.57. The van der Waals surface area contributed by atoms with Crippen molar-refractivity contribution in [3.05, 3.63) is 71.8 Å². The van der Waals surface area contributed by atoms with Crippen LogP contribution in [0.4, 0.5) is 19.0 Å². The molecule has 10 heteroatoms. The van der Waals surface area contributed by atoms with Gasteiger partial charge in [0.2, 0.25) is 0 Å². The molecule has 0 aliphatic carbocycles. The molecule has 3 aromatic rings. The number of ether oxygens (including phenoxy) is 1. The number of anilines is 1. The van der Waals surface area contributed by atoms with Crippen LogP contribution < -0.4 is 15.6 Å². The lowest BCUT2D eigenvalue weighted by atomic mass is 10.1. The van der Waals surface area contributed by atoms with Gasteiger partial charge in [0.25, 0.3) is 0 Å². The maximum absolute atomic E-state index is 14.6. The van der Waals surface area contributed by atoms with Gasteiger partial charge in [0, 0.05) is 27.6 Å². The van der Waals surface area contributed by atoms with Gasteiger partial charge in [-0.25, -0.2) is 9.37 Å². The fourth-order valence-electron chi connectivity index (χ4n) is 2.47. The van der Waals surface area contributed by atoms with Gasteiger partial charge in [0.15, 0.2) is 5.82 Å². The largest absolute Gasteiger partial charge is 0.489 e. The SMILES string of the molecule is Cc1cc(-c2cnc(NNC(=O)C(F)(F)Br)cn2)c(F)cc1OCc1ccccc1. The Kier molecular flexibility index (Phi) is 6.56. The molecule has 0 atom stereocenters. The van der Waals surface area contributed by atoms with E-state index in [1.165, 1.54) is 18.5 Å². The Morgan fingerprint density at radius 1 is 1.17 bits per heavy atom. The predicted octanol–water partition coefficient (Wildman–Crippen LogP) is 4.60. The number of benzene rings is 2. The van der Waals surface area contributed by atoms with Crippen molar-refractivity contribution in [2.24, 2.45) is 0 Å². The quantitative estimate of drug-likeness (QED) is 0.381. The molecule has 30 heavy (non-hydrogen) atoms. The van der Waals surface area contributed by atoms with Crippen LogP contribution in [0.3, 0.4) is 0 Å². The summed E-state index contributed by atoms with van der Waals surface area (Å²) >= 11 is 1.93. The number of carbonyl (C=O) groups is 1. The van der Waals surface area contributed by atoms with Crippen LogP contribution in [-0.2, 0) is 11.4 Å². The van der Waals surface area contributed by atoms with Crippen LogP contribution in [0.2, 0.25) is 0 Å². The van der Waals surface area contributed by atoms with E-state index in [2.05, 4.69) is 15.4 Å². The summed E-state index contributed by atoms with van der Waals surface area (Å²) in [7, 11) is 0. The zero-order chi connectivity index (χ0) is 21.7. The highest BCUT2D eigenvalue weighted by Crippen LogP contribution is 2.29. The number of rotatable bonds is 7. The van der Waals surface area contributed by atoms with Crippen molar-refractivity contribution in [3.8, 4) is 17.0 Å². The molecule has 0 aliphatic heterocycles. The van der Waals surface area contributed by atoms with Crippen LogP contribution in [0.5, 0.6) is 5.75 Å². The van der Waals surface area contributed by atoms with Gasteiger partial charge in [-0.15, -0.1) is 0 Å². The molecule has 156 valence electrons. The first-order valence-corrected chi connectivity index (χ1v) is 9.46. The molecule has 2 N–H and O–H groups in total. The Balaban J connectivity index is 1.69. The second-order valence-corrected chi connectivity index (χ2v) is 7.23. The average Bonchev–Trinajstić information content (AvgIpc) is 2.73. The number of amides is 1. The molecule has 6 nitrogen and oxygen atoms in total. The van der Waals surface area contributed by atoms with Crippen molar-refractivity contribution in [3.63, 3.8) is 0 Å². The van der Waals surface area contributed by atoms with Crippen LogP contribution in [0.25, 0.3) is 11.3 Å². The van der Waals surface area contributed by atoms with Gasteiger partial charge >= 0.3 is 10.7 Å². The number of aromatic nitrogens is 2. The monoisotopic (exact) mass is 480 g/mol. The van der Waals surface area contributed by atoms with Gasteiger partial charge in [-0.05, 0) is 24.1 Å². The van der Waals surface area contributed by atoms with Gasteiger partial charge in [0.05, 0.1) is 18.1 Å². The molecule has 0 aliphatic rings. The number of hydrazine groups is 1. The maximum Gasteiger partial charge on any atom is 0.379 e. The van der Waals surface area contributed by atoms with Gasteiger partial charge in [-0.2, -0.15) is 8.78 Å². The van der Waals surface area contributed by atoms with E-state index in [1.807, 2.05) is 46.3 Å². The highest BCUT2D eigenvalue weighted by Gasteiger charge is 2.34. The number of hydrogen-bond donors (Lipinski definition) is 2. The molecule has 2 aromatic carbocycles. The van der Waals surface area contributed by atoms with E-state index in [1.54, 1.807) is 18.4 Å². The summed E-state index contributed by atoms with van der Waals surface area (Å²) < 4.78 is 45.8. The average molecular weight is 481 g/mol. The van der Waals surface area contributed by atoms with Crippen molar-refractivity contribution >= 4 is 27.7 Å². The highest BCUT2D eigenvalue weighted by atomic mass is 79.9. The van der Waals surface area contributed by atoms with Gasteiger partial charge in [0.1, 0.15) is 18.2 Å². The minimum absolute atomic E-state index is 0.00351. The molecule has 3 rings (SSSR count). The van der Waals surface area contributed by atoms with E-state index < -0.39 is 16.6 Å². The topological polar surface area (TPSA) is 76.1 Å². The van der Waals surface area contributed by atoms with E-state index in [0.717, 1.165) is 5.56 Å². The third kappa shape index (κ3) is 5.47. The van der Waals surface area contributed by atoms with Crippen LogP contribution in [0.15, 0.2) is 54.9 Å². The van der Waals surface area contributed by atoms with Crippen LogP contribution >= 0.6 is 15.9 Å². The summed E-state index contributed by atoms with van der Waals surface area (Å²) in [5, 5.41) is 0. The standard InChI is InChI=1S/C20H16BrF3N4O2/c1-12-7-14(15(22)8-17(12)30-11-13-5-3-2-4-6-13)16-9-26-18(10-25-16)27-28-19(29)20(21,23)24/h2-10H,11H2,1H3,(H,26,27)(H,28,29). The molecule has 0 saturated heterocycles. The van der Waals surface area contributed by atoms with Crippen molar-refractivity contribution in [1.29, 1.82) is 0 Å². The van der Waals surface area contributed by atoms with Gasteiger partial charge < -0.3 is 4.74 Å². The van der Waals surface area contributed by atoms with Crippen molar-refractivity contribution in [2.75, 3.05) is 5.43 Å². The van der Waals surface area contributed by atoms with E-state index in [4.69, 9.17) is 4.74 Å². The fraction of sp³-hybridized carbons (Fsp3) is 0.150. The van der Waals surface area contributed by atoms with Crippen LogP contribution in [-0.4, -0.2) is 20.7 Å². The molecule has 0 radical (unpaired) electrons. The second kappa shape index (κ2) is 9.12. The minimum atomic E-state index is -3.72. The number of alkyl halides is 3. The Morgan fingerprint density at radius 2 is 1.90 bits per heavy atom. The van der Waals surface area contributed by atoms with Crippen molar-refractivity contribution in [1.82, 2.24) is 15.4 Å². The lowest BCUT2D eigenvalue weighted by molar-refractivity contribution is -0.133. The molecule has 0 fully saturated rings. The first kappa shape index (κ1) is 21.6. The highest BCUT2D eigenvalue weighted by molar-refractivity contribution is 9.10. The van der Waals surface area contributed by atoms with Gasteiger partial charge in [-0.1, -0.05) is 30.3 Å². The summed E-state index contributed by atoms with van der Waals surface area (Å²) in [6, 6.07) is 12.4. The zero-order valence-electron chi connectivity index (χ0n) is 15.6. The number of hydrogen-bond acceptors (Lipinski definition) is 5. The van der Waals surface area contributed by atoms with E-state index >= 15 is 0 Å². The zero-order valence-corrected chi connectivity index (χ0v) is 17.2. The Bertz CT molecular complexity index is 1030. The summed E-state index contributed by atoms with van der Waals surface area (Å²) in [5.74, 6) is -1.74. The number of halogens is 4. The molecule has 0 bridgehead atoms.